The summed E-state index contributed by atoms with van der Waals surface area (Å²) >= 11 is 0. The molecule has 6 heteroatoms. The van der Waals surface area contributed by atoms with Crippen molar-refractivity contribution < 1.29 is 22.8 Å². The zero-order valence-corrected chi connectivity index (χ0v) is 12.2. The largest absolute Gasteiger partial charge is 0.532 e. The molecule has 0 saturated carbocycles. The Hall–Kier alpha value is -0.693. The summed E-state index contributed by atoms with van der Waals surface area (Å²) < 4.78 is 21.5. The molecule has 0 heterocycles. The van der Waals surface area contributed by atoms with Crippen LogP contribution in [0.3, 0.4) is 0 Å². The molecule has 0 aromatic heterocycles. The smallest absolute Gasteiger partial charge is 0.466 e. The molecule has 0 amide bonds. The van der Waals surface area contributed by atoms with Gasteiger partial charge in [0.25, 0.3) is 0 Å². The molecule has 17 heavy (non-hydrogen) atoms. The van der Waals surface area contributed by atoms with Gasteiger partial charge in [-0.3, -0.25) is 0 Å². The van der Waals surface area contributed by atoms with Gasteiger partial charge < -0.3 is 18.0 Å². The molecule has 0 aliphatic carbocycles. The first-order valence-corrected chi connectivity index (χ1v) is 7.47. The molecule has 0 unspecified atom stereocenters. The molecular weight excluding hydrogens is 240 g/mol. The number of hydrogen-bond acceptors (Lipinski definition) is 5. The lowest BCUT2D eigenvalue weighted by molar-refractivity contribution is -0.134. The van der Waals surface area contributed by atoms with Crippen molar-refractivity contribution in [2.24, 2.45) is 0 Å². The summed E-state index contributed by atoms with van der Waals surface area (Å²) in [5, 5.41) is 0.662. The second-order valence-electron chi connectivity index (χ2n) is 3.21. The van der Waals surface area contributed by atoms with Gasteiger partial charge in [0.1, 0.15) is 0 Å². The standard InChI is InChI=1S/C11H22O5Si/c1-6-14-17(15-7-2,16-8-3)10(4)9-11(12)13-5/h9H,6-8H2,1-5H3/b10-9+. The van der Waals surface area contributed by atoms with Crippen LogP contribution in [0.1, 0.15) is 27.7 Å². The second-order valence-corrected chi connectivity index (χ2v) is 5.97. The van der Waals surface area contributed by atoms with E-state index in [1.54, 1.807) is 6.92 Å². The van der Waals surface area contributed by atoms with Crippen molar-refractivity contribution in [3.63, 3.8) is 0 Å². The molecule has 0 bridgehead atoms. The van der Waals surface area contributed by atoms with Crippen molar-refractivity contribution in [1.82, 2.24) is 0 Å². The predicted octanol–water partition coefficient (Wildman–Crippen LogP) is 1.69. The fourth-order valence-corrected chi connectivity index (χ4v) is 3.73. The fourth-order valence-electron chi connectivity index (χ4n) is 1.36. The summed E-state index contributed by atoms with van der Waals surface area (Å²) in [6.07, 6.45) is 1.37. The predicted molar refractivity (Wildman–Crippen MR) is 66.4 cm³/mol. The van der Waals surface area contributed by atoms with Crippen LogP contribution in [-0.2, 0) is 22.8 Å². The lowest BCUT2D eigenvalue weighted by Crippen LogP contribution is -2.48. The zero-order chi connectivity index (χ0) is 13.3. The Morgan fingerprint density at radius 3 is 1.76 bits per heavy atom. The summed E-state index contributed by atoms with van der Waals surface area (Å²) in [6, 6.07) is 0. The number of methoxy groups -OCH3 is 1. The Morgan fingerprint density at radius 1 is 1.06 bits per heavy atom. The molecule has 0 aromatic carbocycles. The Morgan fingerprint density at radius 2 is 1.47 bits per heavy atom. The van der Waals surface area contributed by atoms with Gasteiger partial charge in [-0.2, -0.15) is 0 Å². The van der Waals surface area contributed by atoms with Crippen molar-refractivity contribution in [1.29, 1.82) is 0 Å². The minimum atomic E-state index is -2.92. The molecule has 0 atom stereocenters. The van der Waals surface area contributed by atoms with E-state index in [4.69, 9.17) is 13.3 Å². The highest BCUT2D eigenvalue weighted by Crippen LogP contribution is 2.20. The lowest BCUT2D eigenvalue weighted by atomic mass is 10.5. The Bertz CT molecular complexity index is 248. The van der Waals surface area contributed by atoms with Gasteiger partial charge in [0, 0.05) is 31.1 Å². The summed E-state index contributed by atoms with van der Waals surface area (Å²) in [4.78, 5) is 11.2. The summed E-state index contributed by atoms with van der Waals surface area (Å²) in [7, 11) is -1.59. The van der Waals surface area contributed by atoms with Crippen LogP contribution < -0.4 is 0 Å². The highest BCUT2D eigenvalue weighted by Gasteiger charge is 2.43. The summed E-state index contributed by atoms with van der Waals surface area (Å²) in [6.45, 7) is 8.78. The maximum absolute atomic E-state index is 11.2. The van der Waals surface area contributed by atoms with Crippen LogP contribution in [-0.4, -0.2) is 41.7 Å². The van der Waals surface area contributed by atoms with Crippen LogP contribution >= 0.6 is 0 Å². The first-order valence-electron chi connectivity index (χ1n) is 5.74. The number of hydrogen-bond donors (Lipinski definition) is 0. The van der Waals surface area contributed by atoms with E-state index < -0.39 is 14.8 Å². The maximum atomic E-state index is 11.2. The van der Waals surface area contributed by atoms with Crippen LogP contribution in [0.4, 0.5) is 0 Å². The van der Waals surface area contributed by atoms with Gasteiger partial charge in [-0.1, -0.05) is 0 Å². The molecule has 0 spiro atoms. The van der Waals surface area contributed by atoms with Crippen LogP contribution in [0.2, 0.25) is 0 Å². The number of carbonyl (C=O) groups excluding carboxylic acids is 1. The van der Waals surface area contributed by atoms with E-state index in [0.717, 1.165) is 0 Å². The third-order valence-electron chi connectivity index (χ3n) is 2.02. The van der Waals surface area contributed by atoms with Crippen molar-refractivity contribution in [2.75, 3.05) is 26.9 Å². The van der Waals surface area contributed by atoms with Gasteiger partial charge in [-0.05, 0) is 27.7 Å². The van der Waals surface area contributed by atoms with Crippen molar-refractivity contribution in [3.8, 4) is 0 Å². The van der Waals surface area contributed by atoms with Crippen LogP contribution in [0, 0.1) is 0 Å². The highest BCUT2D eigenvalue weighted by atomic mass is 28.4. The van der Waals surface area contributed by atoms with E-state index in [9.17, 15) is 4.79 Å². The van der Waals surface area contributed by atoms with Gasteiger partial charge in [-0.15, -0.1) is 0 Å². The third-order valence-corrected chi connectivity index (χ3v) is 5.14. The highest BCUT2D eigenvalue weighted by molar-refractivity contribution is 6.69. The molecule has 0 rings (SSSR count). The van der Waals surface area contributed by atoms with Crippen LogP contribution in [0.25, 0.3) is 0 Å². The van der Waals surface area contributed by atoms with E-state index in [0.29, 0.717) is 25.0 Å². The normalized spacial score (nSPS) is 12.6. The maximum Gasteiger partial charge on any atom is 0.532 e. The molecule has 0 saturated heterocycles. The molecule has 100 valence electrons. The number of ether oxygens (including phenoxy) is 1. The van der Waals surface area contributed by atoms with Gasteiger partial charge in [-0.25, -0.2) is 4.79 Å². The van der Waals surface area contributed by atoms with Gasteiger partial charge >= 0.3 is 14.8 Å². The SMILES string of the molecule is CCO[Si](OCC)(OCC)/C(C)=C/C(=O)OC. The van der Waals surface area contributed by atoms with Gasteiger partial charge in [0.15, 0.2) is 0 Å². The number of rotatable bonds is 8. The molecular formula is C11H22O5Si. The molecule has 0 fully saturated rings. The van der Waals surface area contributed by atoms with Crippen LogP contribution in [0.15, 0.2) is 11.3 Å². The molecule has 0 N–H and O–H groups in total. The number of carbonyl (C=O) groups is 1. The minimum absolute atomic E-state index is 0.432. The third kappa shape index (κ3) is 4.99. The molecule has 0 aliphatic heterocycles. The molecule has 0 aromatic rings. The van der Waals surface area contributed by atoms with Crippen LogP contribution in [0.5, 0.6) is 0 Å². The zero-order valence-electron chi connectivity index (χ0n) is 11.2. The summed E-state index contributed by atoms with van der Waals surface area (Å²) in [5.41, 5.74) is 0. The fraction of sp³-hybridized carbons (Fsp3) is 0.727. The molecule has 0 radical (unpaired) electrons. The number of esters is 1. The average molecular weight is 262 g/mol. The average Bonchev–Trinajstić information content (AvgIpc) is 2.29. The molecule has 5 nitrogen and oxygen atoms in total. The quantitative estimate of drug-likeness (QED) is 0.378. The first kappa shape index (κ1) is 16.3. The monoisotopic (exact) mass is 262 g/mol. The van der Waals surface area contributed by atoms with Crippen molar-refractivity contribution in [2.45, 2.75) is 27.7 Å². The van der Waals surface area contributed by atoms with E-state index in [-0.39, 0.29) is 0 Å². The van der Waals surface area contributed by atoms with Crippen molar-refractivity contribution in [3.05, 3.63) is 11.3 Å². The van der Waals surface area contributed by atoms with E-state index >= 15 is 0 Å². The Balaban J connectivity index is 5.09. The van der Waals surface area contributed by atoms with Crippen molar-refractivity contribution >= 4 is 14.8 Å². The summed E-state index contributed by atoms with van der Waals surface area (Å²) in [5.74, 6) is -0.432. The Kier molecular flexibility index (Phi) is 8.06. The first-order chi connectivity index (χ1) is 8.06. The van der Waals surface area contributed by atoms with Gasteiger partial charge in [0.2, 0.25) is 0 Å². The van der Waals surface area contributed by atoms with E-state index in [2.05, 4.69) is 4.74 Å². The lowest BCUT2D eigenvalue weighted by Gasteiger charge is -2.28. The Labute approximate surface area is 104 Å². The molecule has 0 aliphatic rings. The van der Waals surface area contributed by atoms with Gasteiger partial charge in [0.05, 0.1) is 7.11 Å². The van der Waals surface area contributed by atoms with E-state index in [1.807, 2.05) is 20.8 Å². The second kappa shape index (κ2) is 8.41. The number of allylic oxidation sites excluding steroid dienone is 1. The topological polar surface area (TPSA) is 54.0 Å². The minimum Gasteiger partial charge on any atom is -0.466 e. The van der Waals surface area contributed by atoms with E-state index in [1.165, 1.54) is 13.2 Å².